The number of carbonyl (C=O) groups excluding carboxylic acids is 1. The second kappa shape index (κ2) is 6.72. The van der Waals surface area contributed by atoms with Gasteiger partial charge in [0.2, 0.25) is 6.79 Å². The second-order valence-electron chi connectivity index (χ2n) is 6.44. The number of benzene rings is 2. The number of amides is 1. The molecule has 0 saturated heterocycles. The lowest BCUT2D eigenvalue weighted by Crippen LogP contribution is -2.34. The molecule has 0 spiro atoms. The number of para-hydroxylation sites is 1. The van der Waals surface area contributed by atoms with Gasteiger partial charge >= 0.3 is 0 Å². The van der Waals surface area contributed by atoms with Crippen molar-refractivity contribution < 1.29 is 18.7 Å². The Morgan fingerprint density at radius 2 is 1.92 bits per heavy atom. The first-order valence-corrected chi connectivity index (χ1v) is 8.44. The van der Waals surface area contributed by atoms with Crippen molar-refractivity contribution in [2.24, 2.45) is 0 Å². The molecule has 1 N–H and O–H groups in total. The fourth-order valence-electron chi connectivity index (χ4n) is 3.03. The van der Waals surface area contributed by atoms with Crippen LogP contribution in [0.2, 0.25) is 0 Å². The average molecular weight is 352 g/mol. The van der Waals surface area contributed by atoms with Gasteiger partial charge in [0.1, 0.15) is 11.3 Å². The van der Waals surface area contributed by atoms with Crippen molar-refractivity contribution >= 4 is 16.9 Å². The molecule has 3 aromatic rings. The molecule has 0 radical (unpaired) electrons. The molecular weight excluding hydrogens is 332 g/mol. The quantitative estimate of drug-likeness (QED) is 0.764. The van der Waals surface area contributed by atoms with Crippen LogP contribution in [0.3, 0.4) is 0 Å². The van der Waals surface area contributed by atoms with E-state index in [9.17, 15) is 4.79 Å². The number of fused-ring (bicyclic) bond motifs is 2. The van der Waals surface area contributed by atoms with E-state index in [1.165, 1.54) is 0 Å². The summed E-state index contributed by atoms with van der Waals surface area (Å²) in [6, 6.07) is 15.0. The van der Waals surface area contributed by atoms with Crippen molar-refractivity contribution in [3.8, 4) is 11.5 Å². The zero-order valence-corrected chi connectivity index (χ0v) is 14.7. The van der Waals surface area contributed by atoms with Gasteiger partial charge in [-0.05, 0) is 44.4 Å². The Morgan fingerprint density at radius 3 is 2.73 bits per heavy atom. The lowest BCUT2D eigenvalue weighted by atomic mass is 10.1. The van der Waals surface area contributed by atoms with E-state index in [0.29, 0.717) is 23.6 Å². The van der Waals surface area contributed by atoms with Gasteiger partial charge in [-0.25, -0.2) is 0 Å². The molecule has 2 heterocycles. The van der Waals surface area contributed by atoms with Gasteiger partial charge < -0.3 is 19.2 Å². The van der Waals surface area contributed by atoms with Crippen LogP contribution in [0.15, 0.2) is 52.9 Å². The number of hydrogen-bond donors (Lipinski definition) is 1. The summed E-state index contributed by atoms with van der Waals surface area (Å²) in [7, 11) is 3.93. The number of carbonyl (C=O) groups is 1. The van der Waals surface area contributed by atoms with E-state index in [1.54, 1.807) is 18.2 Å². The normalized spacial score (nSPS) is 14.0. The minimum atomic E-state index is -0.161. The predicted octanol–water partition coefficient (Wildman–Crippen LogP) is 3.19. The fraction of sp³-hybridized carbons (Fsp3) is 0.250. The first kappa shape index (κ1) is 16.5. The molecule has 1 aromatic heterocycles. The van der Waals surface area contributed by atoms with Crippen molar-refractivity contribution in [3.63, 3.8) is 0 Å². The molecule has 6 heteroatoms. The third-order valence-corrected chi connectivity index (χ3v) is 4.49. The Hall–Kier alpha value is -2.99. The van der Waals surface area contributed by atoms with Crippen LogP contribution in [0.1, 0.15) is 22.2 Å². The molecule has 4 rings (SSSR count). The fourth-order valence-corrected chi connectivity index (χ4v) is 3.03. The lowest BCUT2D eigenvalue weighted by Gasteiger charge is -2.22. The summed E-state index contributed by atoms with van der Waals surface area (Å²) in [5, 5.41) is 4.03. The van der Waals surface area contributed by atoms with Crippen LogP contribution in [0, 0.1) is 0 Å². The maximum atomic E-state index is 12.5. The van der Waals surface area contributed by atoms with E-state index in [0.717, 1.165) is 16.7 Å². The van der Waals surface area contributed by atoms with Crippen molar-refractivity contribution in [1.82, 2.24) is 10.2 Å². The van der Waals surface area contributed by atoms with Crippen LogP contribution >= 0.6 is 0 Å². The van der Waals surface area contributed by atoms with Crippen molar-refractivity contribution in [1.29, 1.82) is 0 Å². The van der Waals surface area contributed by atoms with Crippen molar-refractivity contribution in [3.05, 3.63) is 59.9 Å². The third-order valence-electron chi connectivity index (χ3n) is 4.49. The minimum Gasteiger partial charge on any atom is -0.459 e. The van der Waals surface area contributed by atoms with Gasteiger partial charge in [-0.3, -0.25) is 9.69 Å². The Morgan fingerprint density at radius 1 is 1.12 bits per heavy atom. The largest absolute Gasteiger partial charge is 0.459 e. The number of rotatable bonds is 5. The molecule has 0 unspecified atom stereocenters. The van der Waals surface area contributed by atoms with Crippen LogP contribution in [-0.2, 0) is 0 Å². The number of likely N-dealkylation sites (N-methyl/N-ethyl adjacent to an activating group) is 1. The first-order valence-electron chi connectivity index (χ1n) is 8.44. The topological polar surface area (TPSA) is 63.9 Å². The SMILES string of the molecule is CN(C)[C@H](CNC(=O)c1ccc2c(c1)OCO2)c1cc2ccccc2o1. The maximum absolute atomic E-state index is 12.5. The molecule has 26 heavy (non-hydrogen) atoms. The third kappa shape index (κ3) is 3.11. The Bertz CT molecular complexity index is 915. The van der Waals surface area contributed by atoms with Crippen LogP contribution < -0.4 is 14.8 Å². The van der Waals surface area contributed by atoms with E-state index in [2.05, 4.69) is 5.32 Å². The average Bonchev–Trinajstić information content (AvgIpc) is 3.27. The zero-order valence-electron chi connectivity index (χ0n) is 14.7. The van der Waals surface area contributed by atoms with E-state index in [1.807, 2.05) is 49.3 Å². The monoisotopic (exact) mass is 352 g/mol. The summed E-state index contributed by atoms with van der Waals surface area (Å²) < 4.78 is 16.6. The summed E-state index contributed by atoms with van der Waals surface area (Å²) in [4.78, 5) is 14.5. The zero-order chi connectivity index (χ0) is 18.1. The van der Waals surface area contributed by atoms with E-state index in [-0.39, 0.29) is 18.7 Å². The van der Waals surface area contributed by atoms with Crippen LogP contribution in [-0.4, -0.2) is 38.2 Å². The number of furan rings is 1. The Kier molecular flexibility index (Phi) is 4.26. The number of hydrogen-bond acceptors (Lipinski definition) is 5. The highest BCUT2D eigenvalue weighted by Crippen LogP contribution is 2.32. The van der Waals surface area contributed by atoms with E-state index < -0.39 is 0 Å². The molecular formula is C20H20N2O4. The smallest absolute Gasteiger partial charge is 0.251 e. The van der Waals surface area contributed by atoms with Gasteiger partial charge in [-0.2, -0.15) is 0 Å². The summed E-state index contributed by atoms with van der Waals surface area (Å²) >= 11 is 0. The molecule has 0 saturated carbocycles. The van der Waals surface area contributed by atoms with E-state index >= 15 is 0 Å². The van der Waals surface area contributed by atoms with Gasteiger partial charge in [-0.15, -0.1) is 0 Å². The Labute approximate surface area is 151 Å². The minimum absolute atomic E-state index is 0.0691. The standard InChI is InChI=1S/C20H20N2O4/c1-22(2)15(18-9-13-5-3-4-6-16(13)26-18)11-21-20(23)14-7-8-17-19(10-14)25-12-24-17/h3-10,15H,11-12H2,1-2H3,(H,21,23)/t15-/m1/s1. The first-order chi connectivity index (χ1) is 12.6. The summed E-state index contributed by atoms with van der Waals surface area (Å²) in [5.74, 6) is 1.92. The van der Waals surface area contributed by atoms with Crippen molar-refractivity contribution in [2.45, 2.75) is 6.04 Å². The molecule has 1 atom stereocenters. The maximum Gasteiger partial charge on any atom is 0.251 e. The van der Waals surface area contributed by atoms with Gasteiger partial charge in [0.25, 0.3) is 5.91 Å². The predicted molar refractivity (Wildman–Crippen MR) is 97.5 cm³/mol. The van der Waals surface area contributed by atoms with Crippen LogP contribution in [0.25, 0.3) is 11.0 Å². The Balaban J connectivity index is 1.49. The number of nitrogens with zero attached hydrogens (tertiary/aromatic N) is 1. The van der Waals surface area contributed by atoms with Gasteiger partial charge in [0.05, 0.1) is 6.04 Å². The summed E-state index contributed by atoms with van der Waals surface area (Å²) in [6.45, 7) is 0.620. The van der Waals surface area contributed by atoms with E-state index in [4.69, 9.17) is 13.9 Å². The highest BCUT2D eigenvalue weighted by atomic mass is 16.7. The van der Waals surface area contributed by atoms with Gasteiger partial charge in [-0.1, -0.05) is 18.2 Å². The number of nitrogens with one attached hydrogen (secondary N) is 1. The van der Waals surface area contributed by atoms with Crippen molar-refractivity contribution in [2.75, 3.05) is 27.4 Å². The second-order valence-corrected chi connectivity index (χ2v) is 6.44. The molecule has 1 aliphatic rings. The summed E-state index contributed by atoms with van der Waals surface area (Å²) in [5.41, 5.74) is 1.38. The van der Waals surface area contributed by atoms with Gasteiger partial charge in [0.15, 0.2) is 11.5 Å². The molecule has 0 bridgehead atoms. The molecule has 0 aliphatic carbocycles. The molecule has 1 amide bonds. The molecule has 134 valence electrons. The highest BCUT2D eigenvalue weighted by Gasteiger charge is 2.21. The van der Waals surface area contributed by atoms with Crippen LogP contribution in [0.4, 0.5) is 0 Å². The molecule has 6 nitrogen and oxygen atoms in total. The molecule has 0 fully saturated rings. The molecule has 1 aliphatic heterocycles. The highest BCUT2D eigenvalue weighted by molar-refractivity contribution is 5.95. The lowest BCUT2D eigenvalue weighted by molar-refractivity contribution is 0.0939. The van der Waals surface area contributed by atoms with Gasteiger partial charge in [0, 0.05) is 17.5 Å². The number of ether oxygens (including phenoxy) is 2. The molecule has 2 aromatic carbocycles. The summed E-state index contributed by atoms with van der Waals surface area (Å²) in [6.07, 6.45) is 0. The van der Waals surface area contributed by atoms with Crippen LogP contribution in [0.5, 0.6) is 11.5 Å².